The van der Waals surface area contributed by atoms with E-state index >= 15 is 0 Å². The van der Waals surface area contributed by atoms with E-state index in [4.69, 9.17) is 4.74 Å². The maximum absolute atomic E-state index is 11.0. The molecule has 0 atom stereocenters. The first-order valence-electron chi connectivity index (χ1n) is 3.58. The number of rotatable bonds is 4. The highest BCUT2D eigenvalue weighted by molar-refractivity contribution is 5.82. The van der Waals surface area contributed by atoms with Crippen LogP contribution in [0.5, 0.6) is 0 Å². The van der Waals surface area contributed by atoms with Crippen LogP contribution in [0.1, 0.15) is 12.8 Å². The minimum Gasteiger partial charge on any atom is -0.467 e. The van der Waals surface area contributed by atoms with E-state index in [1.54, 1.807) is 6.08 Å². The third-order valence-corrected chi connectivity index (χ3v) is 1.74. The molecular formula is C8H12O3. The van der Waals surface area contributed by atoms with E-state index in [1.807, 2.05) is 0 Å². The van der Waals surface area contributed by atoms with Gasteiger partial charge in [0.15, 0.2) is 5.60 Å². The van der Waals surface area contributed by atoms with Gasteiger partial charge in [-0.3, -0.25) is 0 Å². The second-order valence-electron chi connectivity index (χ2n) is 2.59. The van der Waals surface area contributed by atoms with E-state index in [-0.39, 0.29) is 5.97 Å². The summed E-state index contributed by atoms with van der Waals surface area (Å²) >= 11 is 0. The van der Waals surface area contributed by atoms with Gasteiger partial charge in [0, 0.05) is 0 Å². The number of methoxy groups -OCH3 is 1. The van der Waals surface area contributed by atoms with Gasteiger partial charge in [0.1, 0.15) is 0 Å². The summed E-state index contributed by atoms with van der Waals surface area (Å²) in [5, 5.41) is 0. The summed E-state index contributed by atoms with van der Waals surface area (Å²) in [6, 6.07) is 0. The van der Waals surface area contributed by atoms with Crippen LogP contribution in [0, 0.1) is 0 Å². The van der Waals surface area contributed by atoms with Gasteiger partial charge < -0.3 is 9.47 Å². The number of carbonyl (C=O) groups excluding carboxylic acids is 1. The van der Waals surface area contributed by atoms with E-state index in [0.717, 1.165) is 12.8 Å². The van der Waals surface area contributed by atoms with E-state index in [9.17, 15) is 4.79 Å². The van der Waals surface area contributed by atoms with Crippen molar-refractivity contribution in [3.05, 3.63) is 12.7 Å². The lowest BCUT2D eigenvalue weighted by atomic mass is 10.3. The van der Waals surface area contributed by atoms with Gasteiger partial charge in [-0.1, -0.05) is 6.08 Å². The Labute approximate surface area is 66.0 Å². The Morgan fingerprint density at radius 1 is 1.73 bits per heavy atom. The molecule has 1 rings (SSSR count). The van der Waals surface area contributed by atoms with Crippen molar-refractivity contribution in [2.75, 3.05) is 13.7 Å². The molecule has 0 saturated heterocycles. The highest BCUT2D eigenvalue weighted by Gasteiger charge is 2.52. The minimum absolute atomic E-state index is 0.264. The summed E-state index contributed by atoms with van der Waals surface area (Å²) in [5.74, 6) is -0.264. The maximum Gasteiger partial charge on any atom is 0.338 e. The number of ether oxygens (including phenoxy) is 2. The molecule has 0 bridgehead atoms. The largest absolute Gasteiger partial charge is 0.467 e. The quantitative estimate of drug-likeness (QED) is 0.448. The molecule has 0 aromatic carbocycles. The molecule has 0 aromatic rings. The lowest BCUT2D eigenvalue weighted by Crippen LogP contribution is -2.27. The zero-order valence-corrected chi connectivity index (χ0v) is 6.63. The average Bonchev–Trinajstić information content (AvgIpc) is 2.80. The zero-order chi connectivity index (χ0) is 8.32. The smallest absolute Gasteiger partial charge is 0.338 e. The normalized spacial score (nSPS) is 19.0. The standard InChI is InChI=1S/C8H12O3/c1-3-6-11-8(4-5-8)7(9)10-2/h3H,1,4-6H2,2H3. The van der Waals surface area contributed by atoms with Crippen LogP contribution in [0.2, 0.25) is 0 Å². The Balaban J connectivity index is 2.40. The molecular weight excluding hydrogens is 144 g/mol. The van der Waals surface area contributed by atoms with Crippen LogP contribution in [0.15, 0.2) is 12.7 Å². The van der Waals surface area contributed by atoms with Crippen molar-refractivity contribution in [3.8, 4) is 0 Å². The third-order valence-electron chi connectivity index (χ3n) is 1.74. The molecule has 0 aliphatic heterocycles. The Kier molecular flexibility index (Phi) is 2.29. The van der Waals surface area contributed by atoms with Gasteiger partial charge in [-0.25, -0.2) is 4.79 Å². The molecule has 1 aliphatic rings. The number of carbonyl (C=O) groups is 1. The SMILES string of the molecule is C=CCOC1(C(=O)OC)CC1. The molecule has 0 aromatic heterocycles. The molecule has 1 aliphatic carbocycles. The van der Waals surface area contributed by atoms with E-state index < -0.39 is 5.60 Å². The van der Waals surface area contributed by atoms with Gasteiger partial charge in [0.05, 0.1) is 13.7 Å². The molecule has 3 nitrogen and oxygen atoms in total. The Morgan fingerprint density at radius 2 is 2.36 bits per heavy atom. The van der Waals surface area contributed by atoms with E-state index in [1.165, 1.54) is 7.11 Å². The predicted octanol–water partition coefficient (Wildman–Crippen LogP) is 0.895. The Bertz CT molecular complexity index is 170. The van der Waals surface area contributed by atoms with E-state index in [2.05, 4.69) is 11.3 Å². The summed E-state index contributed by atoms with van der Waals surface area (Å²) in [5.41, 5.74) is -0.622. The Morgan fingerprint density at radius 3 is 2.73 bits per heavy atom. The minimum atomic E-state index is -0.622. The fourth-order valence-electron chi connectivity index (χ4n) is 0.925. The maximum atomic E-state index is 11.0. The van der Waals surface area contributed by atoms with Gasteiger partial charge in [-0.2, -0.15) is 0 Å². The second-order valence-corrected chi connectivity index (χ2v) is 2.59. The lowest BCUT2D eigenvalue weighted by Gasteiger charge is -2.11. The van der Waals surface area contributed by atoms with Crippen LogP contribution in [0.25, 0.3) is 0 Å². The van der Waals surface area contributed by atoms with E-state index in [0.29, 0.717) is 6.61 Å². The van der Waals surface area contributed by atoms with Crippen molar-refractivity contribution >= 4 is 5.97 Å². The molecule has 0 radical (unpaired) electrons. The van der Waals surface area contributed by atoms with Crippen molar-refractivity contribution in [1.29, 1.82) is 0 Å². The highest BCUT2D eigenvalue weighted by Crippen LogP contribution is 2.40. The average molecular weight is 156 g/mol. The fraction of sp³-hybridized carbons (Fsp3) is 0.625. The van der Waals surface area contributed by atoms with Gasteiger partial charge in [-0.05, 0) is 12.8 Å². The molecule has 3 heteroatoms. The van der Waals surface area contributed by atoms with Crippen LogP contribution < -0.4 is 0 Å². The molecule has 62 valence electrons. The number of hydrogen-bond acceptors (Lipinski definition) is 3. The molecule has 11 heavy (non-hydrogen) atoms. The second kappa shape index (κ2) is 3.05. The molecule has 0 heterocycles. The van der Waals surface area contributed by atoms with Crippen LogP contribution in [-0.2, 0) is 14.3 Å². The summed E-state index contributed by atoms with van der Waals surface area (Å²) in [4.78, 5) is 11.0. The van der Waals surface area contributed by atoms with Crippen molar-refractivity contribution in [1.82, 2.24) is 0 Å². The summed E-state index contributed by atoms with van der Waals surface area (Å²) in [6.07, 6.45) is 3.17. The zero-order valence-electron chi connectivity index (χ0n) is 6.63. The molecule has 1 fully saturated rings. The van der Waals surface area contributed by atoms with Crippen LogP contribution >= 0.6 is 0 Å². The van der Waals surface area contributed by atoms with Crippen LogP contribution in [-0.4, -0.2) is 25.3 Å². The van der Waals surface area contributed by atoms with Crippen molar-refractivity contribution < 1.29 is 14.3 Å². The Hall–Kier alpha value is -0.830. The van der Waals surface area contributed by atoms with Gasteiger partial charge in [0.2, 0.25) is 0 Å². The summed E-state index contributed by atoms with van der Waals surface area (Å²) in [7, 11) is 1.37. The molecule has 0 amide bonds. The van der Waals surface area contributed by atoms with Crippen LogP contribution in [0.4, 0.5) is 0 Å². The number of esters is 1. The fourth-order valence-corrected chi connectivity index (χ4v) is 0.925. The van der Waals surface area contributed by atoms with Gasteiger partial charge in [-0.15, -0.1) is 6.58 Å². The lowest BCUT2D eigenvalue weighted by molar-refractivity contribution is -0.156. The predicted molar refractivity (Wildman–Crippen MR) is 40.1 cm³/mol. The highest BCUT2D eigenvalue weighted by atomic mass is 16.6. The monoisotopic (exact) mass is 156 g/mol. The molecule has 0 unspecified atom stereocenters. The molecule has 0 N–H and O–H groups in total. The van der Waals surface area contributed by atoms with Crippen molar-refractivity contribution in [2.24, 2.45) is 0 Å². The number of hydrogen-bond donors (Lipinski definition) is 0. The van der Waals surface area contributed by atoms with Gasteiger partial charge >= 0.3 is 5.97 Å². The summed E-state index contributed by atoms with van der Waals surface area (Å²) < 4.78 is 9.83. The topological polar surface area (TPSA) is 35.5 Å². The summed E-state index contributed by atoms with van der Waals surface area (Å²) in [6.45, 7) is 3.91. The van der Waals surface area contributed by atoms with Crippen molar-refractivity contribution in [3.63, 3.8) is 0 Å². The first-order chi connectivity index (χ1) is 5.25. The van der Waals surface area contributed by atoms with Crippen LogP contribution in [0.3, 0.4) is 0 Å². The molecule has 0 spiro atoms. The molecule has 1 saturated carbocycles. The van der Waals surface area contributed by atoms with Crippen molar-refractivity contribution in [2.45, 2.75) is 18.4 Å². The van der Waals surface area contributed by atoms with Gasteiger partial charge in [0.25, 0.3) is 0 Å². The first kappa shape index (κ1) is 8.27. The third kappa shape index (κ3) is 1.60. The first-order valence-corrected chi connectivity index (χ1v) is 3.58.